The molecule has 2 saturated heterocycles. The minimum atomic E-state index is 0.218. The molecule has 3 heterocycles. The Morgan fingerprint density at radius 1 is 1.04 bits per heavy atom. The molecular weight excluding hydrogens is 340 g/mol. The molecule has 1 aromatic heterocycles. The minimum Gasteiger partial charge on any atom is -0.372 e. The lowest BCUT2D eigenvalue weighted by molar-refractivity contribution is 0.0797. The van der Waals surface area contributed by atoms with Crippen LogP contribution in [0.2, 0.25) is 0 Å². The van der Waals surface area contributed by atoms with E-state index in [1.165, 1.54) is 29.0 Å². The first-order valence-electron chi connectivity index (χ1n) is 9.87. The van der Waals surface area contributed by atoms with Crippen LogP contribution in [0.4, 0.5) is 5.69 Å². The van der Waals surface area contributed by atoms with Crippen LogP contribution in [0.25, 0.3) is 10.4 Å². The Morgan fingerprint density at radius 3 is 2.35 bits per heavy atom. The molecule has 0 bridgehead atoms. The van der Waals surface area contributed by atoms with Gasteiger partial charge in [-0.15, -0.1) is 11.3 Å². The van der Waals surface area contributed by atoms with Crippen LogP contribution in [-0.2, 0) is 0 Å². The molecule has 2 aliphatic rings. The molecule has 3 nitrogen and oxygen atoms in total. The van der Waals surface area contributed by atoms with E-state index in [4.69, 9.17) is 0 Å². The van der Waals surface area contributed by atoms with Crippen LogP contribution in [0, 0.1) is 12.8 Å². The maximum atomic E-state index is 12.7. The number of carbonyl (C=O) groups is 1. The molecule has 138 valence electrons. The molecule has 0 N–H and O–H groups in total. The zero-order valence-electron chi connectivity index (χ0n) is 15.8. The largest absolute Gasteiger partial charge is 0.372 e. The SMILES string of the molecule is Cc1cc(-c2ccc(N3CCC(C)CC3)cc2)sc1C(=O)N1CCCC1. The van der Waals surface area contributed by atoms with Crippen molar-refractivity contribution in [2.24, 2.45) is 5.92 Å². The molecule has 2 fully saturated rings. The normalized spacial score (nSPS) is 18.5. The highest BCUT2D eigenvalue weighted by atomic mass is 32.1. The summed E-state index contributed by atoms with van der Waals surface area (Å²) >= 11 is 1.64. The van der Waals surface area contributed by atoms with E-state index >= 15 is 0 Å². The fourth-order valence-electron chi connectivity index (χ4n) is 4.00. The van der Waals surface area contributed by atoms with Crippen molar-refractivity contribution >= 4 is 22.9 Å². The number of amides is 1. The van der Waals surface area contributed by atoms with E-state index < -0.39 is 0 Å². The first-order valence-corrected chi connectivity index (χ1v) is 10.7. The van der Waals surface area contributed by atoms with Crippen molar-refractivity contribution in [2.75, 3.05) is 31.1 Å². The van der Waals surface area contributed by atoms with Gasteiger partial charge in [0, 0.05) is 36.7 Å². The zero-order chi connectivity index (χ0) is 18.1. The van der Waals surface area contributed by atoms with E-state index in [1.54, 1.807) is 11.3 Å². The van der Waals surface area contributed by atoms with Crippen LogP contribution in [0.3, 0.4) is 0 Å². The summed E-state index contributed by atoms with van der Waals surface area (Å²) in [5.41, 5.74) is 3.64. The predicted molar refractivity (Wildman–Crippen MR) is 110 cm³/mol. The second-order valence-corrected chi connectivity index (χ2v) is 8.89. The average molecular weight is 369 g/mol. The monoisotopic (exact) mass is 368 g/mol. The maximum absolute atomic E-state index is 12.7. The molecule has 0 radical (unpaired) electrons. The lowest BCUT2D eigenvalue weighted by Gasteiger charge is -2.32. The standard InChI is InChI=1S/C22H28N2OS/c1-16-9-13-23(14-10-16)19-7-5-18(6-8-19)20-15-17(2)21(26-20)22(25)24-11-3-4-12-24/h5-8,15-16H,3-4,9-14H2,1-2H3. The van der Waals surface area contributed by atoms with Gasteiger partial charge in [-0.1, -0.05) is 19.1 Å². The third-order valence-corrected chi connectivity index (χ3v) is 7.08. The molecule has 0 saturated carbocycles. The number of rotatable bonds is 3. The molecule has 4 rings (SSSR count). The van der Waals surface area contributed by atoms with E-state index in [0.717, 1.165) is 55.4 Å². The van der Waals surface area contributed by atoms with Crippen molar-refractivity contribution < 1.29 is 4.79 Å². The van der Waals surface area contributed by atoms with E-state index in [-0.39, 0.29) is 5.91 Å². The molecule has 2 aliphatic heterocycles. The molecule has 0 atom stereocenters. The first kappa shape index (κ1) is 17.6. The van der Waals surface area contributed by atoms with Crippen LogP contribution in [-0.4, -0.2) is 37.0 Å². The van der Waals surface area contributed by atoms with Gasteiger partial charge in [0.1, 0.15) is 0 Å². The lowest BCUT2D eigenvalue weighted by atomic mass is 9.98. The van der Waals surface area contributed by atoms with Gasteiger partial charge in [-0.05, 0) is 67.9 Å². The number of nitrogens with zero attached hydrogens (tertiary/aromatic N) is 2. The number of piperidine rings is 1. The Morgan fingerprint density at radius 2 is 1.69 bits per heavy atom. The summed E-state index contributed by atoms with van der Waals surface area (Å²) in [5, 5.41) is 0. The van der Waals surface area contributed by atoms with E-state index in [9.17, 15) is 4.79 Å². The van der Waals surface area contributed by atoms with Crippen LogP contribution in [0.5, 0.6) is 0 Å². The molecule has 1 aromatic carbocycles. The first-order chi connectivity index (χ1) is 12.6. The van der Waals surface area contributed by atoms with E-state index in [2.05, 4.69) is 49.1 Å². The second-order valence-electron chi connectivity index (χ2n) is 7.84. The summed E-state index contributed by atoms with van der Waals surface area (Å²) in [6.07, 6.45) is 4.85. The van der Waals surface area contributed by atoms with Crippen molar-refractivity contribution in [2.45, 2.75) is 39.5 Å². The van der Waals surface area contributed by atoms with Crippen molar-refractivity contribution in [3.8, 4) is 10.4 Å². The number of hydrogen-bond donors (Lipinski definition) is 0. The average Bonchev–Trinajstić information content (AvgIpc) is 3.32. The molecule has 4 heteroatoms. The summed E-state index contributed by atoms with van der Waals surface area (Å²) in [4.78, 5) is 19.3. The lowest BCUT2D eigenvalue weighted by Crippen LogP contribution is -2.32. The van der Waals surface area contributed by atoms with Crippen LogP contribution in [0.1, 0.15) is 47.8 Å². The van der Waals surface area contributed by atoms with Gasteiger partial charge in [0.15, 0.2) is 0 Å². The zero-order valence-corrected chi connectivity index (χ0v) is 16.6. The van der Waals surface area contributed by atoms with Gasteiger partial charge in [0.05, 0.1) is 4.88 Å². The Labute approximate surface area is 160 Å². The summed E-state index contributed by atoms with van der Waals surface area (Å²) in [5.74, 6) is 1.07. The highest BCUT2D eigenvalue weighted by Crippen LogP contribution is 2.34. The summed E-state index contributed by atoms with van der Waals surface area (Å²) < 4.78 is 0. The van der Waals surface area contributed by atoms with Gasteiger partial charge >= 0.3 is 0 Å². The van der Waals surface area contributed by atoms with Crippen molar-refractivity contribution in [3.05, 3.63) is 40.8 Å². The van der Waals surface area contributed by atoms with Gasteiger partial charge in [-0.25, -0.2) is 0 Å². The molecule has 0 unspecified atom stereocenters. The molecule has 0 aliphatic carbocycles. The Balaban J connectivity index is 1.51. The number of hydrogen-bond acceptors (Lipinski definition) is 3. The molecule has 2 aromatic rings. The number of likely N-dealkylation sites (tertiary alicyclic amines) is 1. The highest BCUT2D eigenvalue weighted by Gasteiger charge is 2.23. The smallest absolute Gasteiger partial charge is 0.264 e. The Hall–Kier alpha value is -1.81. The topological polar surface area (TPSA) is 23.6 Å². The number of benzene rings is 1. The van der Waals surface area contributed by atoms with Crippen LogP contribution in [0.15, 0.2) is 30.3 Å². The number of aryl methyl sites for hydroxylation is 1. The van der Waals surface area contributed by atoms with Crippen molar-refractivity contribution in [1.29, 1.82) is 0 Å². The number of carbonyl (C=O) groups excluding carboxylic acids is 1. The van der Waals surface area contributed by atoms with Gasteiger partial charge in [-0.3, -0.25) is 4.79 Å². The highest BCUT2D eigenvalue weighted by molar-refractivity contribution is 7.17. The molecule has 0 spiro atoms. The molecule has 1 amide bonds. The predicted octanol–water partition coefficient (Wildman–Crippen LogP) is 5.20. The summed E-state index contributed by atoms with van der Waals surface area (Å²) in [6, 6.07) is 11.1. The van der Waals surface area contributed by atoms with Gasteiger partial charge in [0.2, 0.25) is 0 Å². The maximum Gasteiger partial charge on any atom is 0.264 e. The van der Waals surface area contributed by atoms with Crippen molar-refractivity contribution in [3.63, 3.8) is 0 Å². The van der Waals surface area contributed by atoms with Crippen LogP contribution >= 0.6 is 11.3 Å². The number of anilines is 1. The third-order valence-electron chi connectivity index (χ3n) is 5.81. The van der Waals surface area contributed by atoms with Crippen LogP contribution < -0.4 is 4.90 Å². The van der Waals surface area contributed by atoms with Gasteiger partial charge in [-0.2, -0.15) is 0 Å². The molecule has 26 heavy (non-hydrogen) atoms. The second kappa shape index (κ2) is 7.43. The van der Waals surface area contributed by atoms with Crippen molar-refractivity contribution in [1.82, 2.24) is 4.90 Å². The van der Waals surface area contributed by atoms with E-state index in [1.807, 2.05) is 4.90 Å². The third kappa shape index (κ3) is 3.52. The van der Waals surface area contributed by atoms with E-state index in [0.29, 0.717) is 0 Å². The Kier molecular flexibility index (Phi) is 5.03. The molecular formula is C22H28N2OS. The quantitative estimate of drug-likeness (QED) is 0.744. The summed E-state index contributed by atoms with van der Waals surface area (Å²) in [7, 11) is 0. The summed E-state index contributed by atoms with van der Waals surface area (Å²) in [6.45, 7) is 8.55. The van der Waals surface area contributed by atoms with Gasteiger partial charge < -0.3 is 9.80 Å². The fourth-order valence-corrected chi connectivity index (χ4v) is 5.15. The van der Waals surface area contributed by atoms with Gasteiger partial charge in [0.25, 0.3) is 5.91 Å². The Bertz CT molecular complexity index is 766. The number of thiophene rings is 1. The minimum absolute atomic E-state index is 0.218. The fraction of sp³-hybridized carbons (Fsp3) is 0.500.